The van der Waals surface area contributed by atoms with E-state index in [1.54, 1.807) is 33.0 Å². The number of rotatable bonds is 4. The van der Waals surface area contributed by atoms with E-state index in [-0.39, 0.29) is 30.2 Å². The Hall–Kier alpha value is -1.70. The van der Waals surface area contributed by atoms with Crippen LogP contribution in [0.15, 0.2) is 84.4 Å². The van der Waals surface area contributed by atoms with Crippen LogP contribution in [0.4, 0.5) is 0 Å². The Bertz CT molecular complexity index is 1680. The van der Waals surface area contributed by atoms with Gasteiger partial charge < -0.3 is 24.8 Å². The molecule has 4 aromatic rings. The van der Waals surface area contributed by atoms with Crippen LogP contribution in [-0.2, 0) is 26.3 Å². The summed E-state index contributed by atoms with van der Waals surface area (Å²) in [6.07, 6.45) is 2.68. The molecule has 2 unspecified atom stereocenters. The number of allylic oxidation sites excluding steroid dienone is 1. The molecule has 0 spiro atoms. The summed E-state index contributed by atoms with van der Waals surface area (Å²) >= 11 is -2.01. The molecular formula is C37H39Cl2SiZr. The summed E-state index contributed by atoms with van der Waals surface area (Å²) < 4.78 is 2.50. The maximum Gasteiger partial charge on any atom is -1.00 e. The molecule has 209 valence electrons. The van der Waals surface area contributed by atoms with Crippen molar-refractivity contribution in [1.82, 2.24) is 0 Å². The zero-order valence-electron chi connectivity index (χ0n) is 25.1. The van der Waals surface area contributed by atoms with Crippen LogP contribution in [0.25, 0.3) is 28.3 Å². The fourth-order valence-electron chi connectivity index (χ4n) is 7.70. The Morgan fingerprint density at radius 1 is 0.707 bits per heavy atom. The number of halogens is 2. The minimum atomic E-state index is -2.01. The largest absolute Gasteiger partial charge is 1.00 e. The third kappa shape index (κ3) is 4.55. The summed E-state index contributed by atoms with van der Waals surface area (Å²) in [5.41, 5.74) is 14.1. The summed E-state index contributed by atoms with van der Waals surface area (Å²) in [6.45, 7) is 16.8. The molecular weight excluding hydrogens is 635 g/mol. The zero-order chi connectivity index (χ0) is 27.2. The Kier molecular flexibility index (Phi) is 8.32. The van der Waals surface area contributed by atoms with E-state index in [2.05, 4.69) is 133 Å². The molecule has 0 nitrogen and oxygen atoms in total. The minimum Gasteiger partial charge on any atom is -1.00 e. The van der Waals surface area contributed by atoms with Crippen molar-refractivity contribution < 1.29 is 45.7 Å². The molecule has 7 rings (SSSR count). The van der Waals surface area contributed by atoms with Crippen LogP contribution >= 0.6 is 0 Å². The van der Waals surface area contributed by atoms with Crippen molar-refractivity contribution in [2.45, 2.75) is 63.4 Å². The summed E-state index contributed by atoms with van der Waals surface area (Å²) in [4.78, 5) is 0. The molecule has 2 atom stereocenters. The molecule has 4 heteroatoms. The van der Waals surface area contributed by atoms with Crippen LogP contribution in [0, 0.1) is 5.92 Å². The van der Waals surface area contributed by atoms with Crippen LogP contribution in [-0.4, -0.2) is 5.92 Å². The summed E-state index contributed by atoms with van der Waals surface area (Å²) in [5.74, 6) is -0.0320. The first-order chi connectivity index (χ1) is 18.7. The summed E-state index contributed by atoms with van der Waals surface area (Å²) in [7, 11) is 0. The van der Waals surface area contributed by atoms with E-state index in [0.29, 0.717) is 15.5 Å². The number of benzene rings is 4. The van der Waals surface area contributed by atoms with Gasteiger partial charge in [-0.25, -0.2) is 0 Å². The third-order valence-electron chi connectivity index (χ3n) is 9.45. The van der Waals surface area contributed by atoms with E-state index < -0.39 is 26.8 Å². The van der Waals surface area contributed by atoms with Gasteiger partial charge in [-0.3, -0.25) is 0 Å². The molecule has 0 N–H and O–H groups in total. The molecule has 3 aliphatic rings. The Morgan fingerprint density at radius 2 is 1.37 bits per heavy atom. The molecule has 0 radical (unpaired) electrons. The average molecular weight is 674 g/mol. The minimum absolute atomic E-state index is 0. The average Bonchev–Trinajstić information content (AvgIpc) is 3.43. The number of hydrogen-bond acceptors (Lipinski definition) is 0. The first-order valence-corrected chi connectivity index (χ1v) is 23.4. The van der Waals surface area contributed by atoms with Crippen LogP contribution in [0.5, 0.6) is 0 Å². The van der Waals surface area contributed by atoms with E-state index in [9.17, 15) is 0 Å². The van der Waals surface area contributed by atoms with Crippen molar-refractivity contribution in [2.24, 2.45) is 5.92 Å². The molecule has 2 heterocycles. The van der Waals surface area contributed by atoms with Crippen molar-refractivity contribution in [3.05, 3.63) is 107 Å². The Balaban J connectivity index is 0.00000169. The Morgan fingerprint density at radius 3 is 2.05 bits per heavy atom. The van der Waals surface area contributed by atoms with Gasteiger partial charge in [-0.2, -0.15) is 0 Å². The number of fused-ring (bicyclic) bond motifs is 4. The van der Waals surface area contributed by atoms with E-state index >= 15 is 0 Å². The Labute approximate surface area is 267 Å². The topological polar surface area (TPSA) is 0 Å². The molecule has 0 saturated carbocycles. The van der Waals surface area contributed by atoms with Gasteiger partial charge in [0.05, 0.1) is 0 Å². The van der Waals surface area contributed by atoms with Gasteiger partial charge in [0.25, 0.3) is 0 Å². The SMILES string of the molecule is CC(C)C1=Cc2c(ccc(C(C)(C)C)c2-c2ccccc2C(C)C)[CH]1[Zr+2]1[c]2cccc3c2[SiH]1c1ccccc1-3.[Cl-].[Cl-]. The van der Waals surface area contributed by atoms with Crippen LogP contribution in [0.1, 0.15) is 80.3 Å². The predicted molar refractivity (Wildman–Crippen MR) is 168 cm³/mol. The fraction of sp³-hybridized carbons (Fsp3) is 0.297. The van der Waals surface area contributed by atoms with Crippen LogP contribution in [0.2, 0.25) is 0 Å². The van der Waals surface area contributed by atoms with E-state index in [1.165, 1.54) is 22.3 Å². The van der Waals surface area contributed by atoms with Gasteiger partial charge in [0.15, 0.2) is 0 Å². The molecule has 0 fully saturated rings. The third-order valence-corrected chi connectivity index (χ3v) is 31.6. The molecule has 1 aliphatic carbocycles. The molecule has 2 aliphatic heterocycles. The van der Waals surface area contributed by atoms with Crippen molar-refractivity contribution >= 4 is 25.6 Å². The van der Waals surface area contributed by atoms with Gasteiger partial charge in [0.2, 0.25) is 0 Å². The second kappa shape index (κ2) is 11.1. The first-order valence-electron chi connectivity index (χ1n) is 14.8. The number of hydrogen-bond donors (Lipinski definition) is 0. The first kappa shape index (κ1) is 30.7. The predicted octanol–water partition coefficient (Wildman–Crippen LogP) is 1.65. The molecule has 41 heavy (non-hydrogen) atoms. The van der Waals surface area contributed by atoms with E-state index in [0.717, 1.165) is 0 Å². The molecule has 0 bridgehead atoms. The van der Waals surface area contributed by atoms with Crippen LogP contribution < -0.4 is 38.5 Å². The van der Waals surface area contributed by atoms with E-state index in [4.69, 9.17) is 0 Å². The van der Waals surface area contributed by atoms with Gasteiger partial charge in [0, 0.05) is 0 Å². The van der Waals surface area contributed by atoms with Crippen molar-refractivity contribution in [2.75, 3.05) is 0 Å². The summed E-state index contributed by atoms with van der Waals surface area (Å²) in [5, 5.41) is 3.58. The van der Waals surface area contributed by atoms with E-state index in [1.807, 2.05) is 8.46 Å². The monoisotopic (exact) mass is 671 g/mol. The maximum atomic E-state index is 2.68. The summed E-state index contributed by atoms with van der Waals surface area (Å²) in [6, 6.07) is 31.1. The van der Waals surface area contributed by atoms with Crippen molar-refractivity contribution in [1.29, 1.82) is 0 Å². The molecule has 4 aromatic carbocycles. The quantitative estimate of drug-likeness (QED) is 0.290. The van der Waals surface area contributed by atoms with Crippen molar-refractivity contribution in [3.63, 3.8) is 0 Å². The zero-order valence-corrected chi connectivity index (χ0v) is 30.3. The molecule has 0 amide bonds. The van der Waals surface area contributed by atoms with Gasteiger partial charge in [-0.05, 0) is 0 Å². The normalized spacial score (nSPS) is 17.8. The standard InChI is InChI=1S/C25H31.C12H8Si.2ClH.Zr/c1-16(2)19-14-18-12-13-23(25(5,6)7)24(22(18)15-19)21-11-9-8-10-20(21)17(3)4;1-3-7-11-9(5-1)10-6-2-4-8-12(10)13-11;;;/h8-17H,1-7H3;1-7,13H;2*1H;/q;;;;+2/p-2. The second-order valence-electron chi connectivity index (χ2n) is 13.5. The van der Waals surface area contributed by atoms with Crippen LogP contribution in [0.3, 0.4) is 0 Å². The molecule has 0 saturated heterocycles. The smallest absolute Gasteiger partial charge is 1.00 e. The van der Waals surface area contributed by atoms with Gasteiger partial charge in [-0.15, -0.1) is 0 Å². The van der Waals surface area contributed by atoms with Crippen molar-refractivity contribution in [3.8, 4) is 22.3 Å². The maximum absolute atomic E-state index is 2.68. The molecule has 0 aromatic heterocycles. The van der Waals surface area contributed by atoms with Gasteiger partial charge in [0.1, 0.15) is 0 Å². The fourth-order valence-corrected chi connectivity index (χ4v) is 34.1. The second-order valence-corrected chi connectivity index (χ2v) is 28.4. The van der Waals surface area contributed by atoms with Gasteiger partial charge >= 0.3 is 245 Å². The van der Waals surface area contributed by atoms with Gasteiger partial charge in [-0.1, -0.05) is 0 Å².